The molecule has 2 aliphatic rings. The monoisotopic (exact) mass is 496 g/mol. The number of hydrogen-bond donors (Lipinski definition) is 2. The number of pyridine rings is 1. The van der Waals surface area contributed by atoms with Crippen molar-refractivity contribution >= 4 is 11.8 Å². The number of nitrogens with one attached hydrogen (secondary N) is 2. The summed E-state index contributed by atoms with van der Waals surface area (Å²) in [6.07, 6.45) is 0.0406. The summed E-state index contributed by atoms with van der Waals surface area (Å²) in [5.41, 5.74) is 1.08. The van der Waals surface area contributed by atoms with Crippen LogP contribution >= 0.6 is 0 Å². The van der Waals surface area contributed by atoms with Gasteiger partial charge in [0, 0.05) is 19.0 Å². The van der Waals surface area contributed by atoms with E-state index < -0.39 is 41.7 Å². The number of amides is 2. The number of carbonyl (C=O) groups excluding carboxylic acids is 2. The summed E-state index contributed by atoms with van der Waals surface area (Å²) in [5, 5.41) is 6.79. The number of likely N-dealkylation sites (tertiary alicyclic amines) is 1. The van der Waals surface area contributed by atoms with Gasteiger partial charge in [-0.1, -0.05) is 36.4 Å². The Morgan fingerprint density at radius 1 is 1.19 bits per heavy atom. The quantitative estimate of drug-likeness (QED) is 0.485. The zero-order chi connectivity index (χ0) is 25.4. The van der Waals surface area contributed by atoms with E-state index in [-0.39, 0.29) is 31.1 Å². The highest BCUT2D eigenvalue weighted by Crippen LogP contribution is 2.41. The van der Waals surface area contributed by atoms with Crippen LogP contribution in [0.3, 0.4) is 0 Å². The molecule has 1 aliphatic carbocycles. The first-order chi connectivity index (χ1) is 17.3. The molecule has 0 spiro atoms. The van der Waals surface area contributed by atoms with E-state index in [1.807, 2.05) is 6.07 Å². The number of benzene rings is 1. The van der Waals surface area contributed by atoms with Crippen molar-refractivity contribution < 1.29 is 18.4 Å². The minimum Gasteiger partial charge on any atom is -0.342 e. The predicted octanol–water partition coefficient (Wildman–Crippen LogP) is 1.91. The Morgan fingerprint density at radius 2 is 1.94 bits per heavy atom. The first kappa shape index (κ1) is 23.8. The molecule has 11 heteroatoms. The number of aromatic amines is 1. The second kappa shape index (κ2) is 9.63. The topological polar surface area (TPSA) is 113 Å². The molecule has 1 aromatic carbocycles. The highest BCUT2D eigenvalue weighted by Gasteiger charge is 2.41. The van der Waals surface area contributed by atoms with E-state index in [1.54, 1.807) is 36.4 Å². The molecule has 188 valence electrons. The molecular weight excluding hydrogens is 470 g/mol. The third kappa shape index (κ3) is 4.91. The molecule has 1 saturated carbocycles. The molecular formula is C25H26F2N6O3. The Morgan fingerprint density at radius 3 is 2.58 bits per heavy atom. The molecule has 1 saturated heterocycles. The number of carbonyl (C=O) groups is 2. The lowest BCUT2D eigenvalue weighted by Gasteiger charge is -2.26. The number of H-pyrrole nitrogens is 1. The molecule has 3 aromatic rings. The fraction of sp³-hybridized carbons (Fsp3) is 0.400. The van der Waals surface area contributed by atoms with Gasteiger partial charge >= 0.3 is 5.69 Å². The van der Waals surface area contributed by atoms with Gasteiger partial charge in [-0.15, -0.1) is 0 Å². The molecule has 3 heterocycles. The van der Waals surface area contributed by atoms with Gasteiger partial charge in [0.05, 0.1) is 24.7 Å². The molecule has 2 fully saturated rings. The average Bonchev–Trinajstić information content (AvgIpc) is 3.54. The lowest BCUT2D eigenvalue weighted by atomic mass is 10.0. The number of aryl methyl sites for hydroxylation is 1. The van der Waals surface area contributed by atoms with Gasteiger partial charge in [0.1, 0.15) is 18.0 Å². The van der Waals surface area contributed by atoms with Crippen molar-refractivity contribution in [3.8, 4) is 0 Å². The van der Waals surface area contributed by atoms with Crippen LogP contribution in [-0.2, 0) is 23.1 Å². The molecule has 5 rings (SSSR count). The van der Waals surface area contributed by atoms with E-state index in [1.165, 1.54) is 11.9 Å². The molecule has 1 aliphatic heterocycles. The van der Waals surface area contributed by atoms with E-state index in [9.17, 15) is 23.2 Å². The molecule has 0 radical (unpaired) electrons. The summed E-state index contributed by atoms with van der Waals surface area (Å²) in [6, 6.07) is 10.5. The van der Waals surface area contributed by atoms with Gasteiger partial charge in [-0.3, -0.25) is 14.6 Å². The first-order valence-electron chi connectivity index (χ1n) is 11.9. The second-order valence-corrected chi connectivity index (χ2v) is 9.31. The molecule has 2 N–H and O–H groups in total. The van der Waals surface area contributed by atoms with Gasteiger partial charge in [0.25, 0.3) is 0 Å². The molecule has 3 atom stereocenters. The predicted molar refractivity (Wildman–Crippen MR) is 125 cm³/mol. The van der Waals surface area contributed by atoms with Crippen molar-refractivity contribution in [3.63, 3.8) is 0 Å². The third-order valence-corrected chi connectivity index (χ3v) is 6.64. The van der Waals surface area contributed by atoms with Crippen molar-refractivity contribution in [3.05, 3.63) is 81.5 Å². The van der Waals surface area contributed by atoms with Crippen LogP contribution in [0.1, 0.15) is 53.9 Å². The van der Waals surface area contributed by atoms with Crippen LogP contribution in [0.2, 0.25) is 0 Å². The van der Waals surface area contributed by atoms with E-state index in [0.29, 0.717) is 16.8 Å². The van der Waals surface area contributed by atoms with E-state index in [0.717, 1.165) is 17.5 Å². The maximum absolute atomic E-state index is 14.8. The molecule has 3 unspecified atom stereocenters. The van der Waals surface area contributed by atoms with Gasteiger partial charge < -0.3 is 10.2 Å². The minimum atomic E-state index is -1.38. The molecule has 9 nitrogen and oxygen atoms in total. The van der Waals surface area contributed by atoms with Crippen molar-refractivity contribution in [2.24, 2.45) is 7.05 Å². The van der Waals surface area contributed by atoms with Crippen molar-refractivity contribution in [2.75, 3.05) is 6.54 Å². The zero-order valence-electron chi connectivity index (χ0n) is 19.7. The van der Waals surface area contributed by atoms with Crippen LogP contribution in [0.25, 0.3) is 0 Å². The molecule has 2 aromatic heterocycles. The Labute approximate surface area is 205 Å². The number of aromatic nitrogens is 4. The lowest BCUT2D eigenvalue weighted by molar-refractivity contribution is -0.138. The van der Waals surface area contributed by atoms with E-state index in [2.05, 4.69) is 20.4 Å². The average molecular weight is 497 g/mol. The number of hydrogen-bond acceptors (Lipinski definition) is 5. The van der Waals surface area contributed by atoms with E-state index in [4.69, 9.17) is 0 Å². The van der Waals surface area contributed by atoms with Gasteiger partial charge in [-0.2, -0.15) is 9.49 Å². The SMILES string of the molecule is Cn1nc(CC(=O)N2CC(F)CC2C(=O)NC(c2ccccc2)c2ccc(C3CC3)c(F)n2)[nH]c1=O. The molecule has 0 bridgehead atoms. The van der Waals surface area contributed by atoms with Crippen LogP contribution in [0.4, 0.5) is 8.78 Å². The summed E-state index contributed by atoms with van der Waals surface area (Å²) >= 11 is 0. The summed E-state index contributed by atoms with van der Waals surface area (Å²) in [6.45, 7) is -0.243. The molecule has 36 heavy (non-hydrogen) atoms. The van der Waals surface area contributed by atoms with Crippen molar-refractivity contribution in [2.45, 2.75) is 49.9 Å². The fourth-order valence-electron chi connectivity index (χ4n) is 4.62. The largest absolute Gasteiger partial charge is 0.343 e. The van der Waals surface area contributed by atoms with Gasteiger partial charge in [0.15, 0.2) is 0 Å². The standard InChI is InChI=1S/C25H26F2N6O3/c1-32-25(36)29-20(31-32)12-21(34)33-13-16(26)11-19(33)24(35)30-22(15-5-3-2-4-6-15)18-10-9-17(14-7-8-14)23(27)28-18/h2-6,9-10,14,16,19,22H,7-8,11-13H2,1H3,(H,30,35)(H,29,31,36). The summed E-state index contributed by atoms with van der Waals surface area (Å²) in [7, 11) is 1.44. The van der Waals surface area contributed by atoms with Crippen LogP contribution in [0.5, 0.6) is 0 Å². The Bertz CT molecular complexity index is 1340. The number of rotatable bonds is 7. The van der Waals surface area contributed by atoms with Crippen LogP contribution < -0.4 is 11.0 Å². The summed E-state index contributed by atoms with van der Waals surface area (Å²) in [4.78, 5) is 45.7. The Hall–Kier alpha value is -3.89. The van der Waals surface area contributed by atoms with Crippen LogP contribution in [0.15, 0.2) is 47.3 Å². The van der Waals surface area contributed by atoms with Gasteiger partial charge in [-0.25, -0.2) is 18.9 Å². The first-order valence-corrected chi connectivity index (χ1v) is 11.9. The van der Waals surface area contributed by atoms with Gasteiger partial charge in [0.2, 0.25) is 17.8 Å². The van der Waals surface area contributed by atoms with Crippen LogP contribution in [-0.4, -0.2) is 55.2 Å². The van der Waals surface area contributed by atoms with Gasteiger partial charge in [-0.05, 0) is 30.4 Å². The third-order valence-electron chi connectivity index (χ3n) is 6.64. The second-order valence-electron chi connectivity index (χ2n) is 9.31. The number of halogens is 2. The zero-order valence-corrected chi connectivity index (χ0v) is 19.7. The van der Waals surface area contributed by atoms with E-state index >= 15 is 0 Å². The van der Waals surface area contributed by atoms with Crippen LogP contribution in [0, 0.1) is 5.95 Å². The summed E-state index contributed by atoms with van der Waals surface area (Å²) in [5.74, 6) is -1.34. The Balaban J connectivity index is 1.38. The van der Waals surface area contributed by atoms with Crippen molar-refractivity contribution in [1.82, 2.24) is 30.0 Å². The van der Waals surface area contributed by atoms with Crippen molar-refractivity contribution in [1.29, 1.82) is 0 Å². The lowest BCUT2D eigenvalue weighted by Crippen LogP contribution is -2.47. The Kier molecular flexibility index (Phi) is 6.38. The minimum absolute atomic E-state index is 0.131. The highest BCUT2D eigenvalue weighted by molar-refractivity contribution is 5.89. The normalized spacial score (nSPS) is 20.4. The fourth-order valence-corrected chi connectivity index (χ4v) is 4.62. The molecule has 2 amide bonds. The highest BCUT2D eigenvalue weighted by atomic mass is 19.1. The number of alkyl halides is 1. The maximum atomic E-state index is 14.8. The number of nitrogens with zero attached hydrogens (tertiary/aromatic N) is 4. The smallest absolute Gasteiger partial charge is 0.342 e. The maximum Gasteiger partial charge on any atom is 0.343 e. The summed E-state index contributed by atoms with van der Waals surface area (Å²) < 4.78 is 30.2.